The van der Waals surface area contributed by atoms with Gasteiger partial charge in [-0.05, 0) is 36.3 Å². The van der Waals surface area contributed by atoms with Crippen molar-refractivity contribution in [3.63, 3.8) is 0 Å². The number of carbonyl (C=O) groups excluding carboxylic acids is 1. The molecule has 1 aromatic rings. The number of rotatable bonds is 2. The number of hydrogen-bond donors (Lipinski definition) is 2. The van der Waals surface area contributed by atoms with Crippen molar-refractivity contribution in [2.75, 3.05) is 19.7 Å². The van der Waals surface area contributed by atoms with Crippen LogP contribution in [0.1, 0.15) is 17.7 Å². The number of likely N-dealkylation sites (tertiary alicyclic amines) is 1. The van der Waals surface area contributed by atoms with Crippen molar-refractivity contribution in [3.8, 4) is 0 Å². The van der Waals surface area contributed by atoms with Crippen LogP contribution in [-0.4, -0.2) is 41.6 Å². The molecule has 3 heterocycles. The third-order valence-corrected chi connectivity index (χ3v) is 4.40. The number of hydrogen-bond acceptors (Lipinski definition) is 5. The van der Waals surface area contributed by atoms with Crippen LogP contribution in [0.2, 0.25) is 0 Å². The predicted molar refractivity (Wildman–Crippen MR) is 79.3 cm³/mol. The lowest BCUT2D eigenvalue weighted by molar-refractivity contribution is -0.115. The van der Waals surface area contributed by atoms with Crippen molar-refractivity contribution in [1.82, 2.24) is 10.2 Å². The third-order valence-electron chi connectivity index (χ3n) is 3.58. The summed E-state index contributed by atoms with van der Waals surface area (Å²) in [5, 5.41) is 14.1. The van der Waals surface area contributed by atoms with E-state index in [0.29, 0.717) is 11.7 Å². The Morgan fingerprint density at radius 2 is 2.50 bits per heavy atom. The molecule has 6 heteroatoms. The minimum atomic E-state index is -0.153. The normalized spacial score (nSPS) is 24.9. The first-order valence-electron chi connectivity index (χ1n) is 6.77. The van der Waals surface area contributed by atoms with Gasteiger partial charge in [0.1, 0.15) is 5.70 Å². The van der Waals surface area contributed by atoms with E-state index in [2.05, 4.69) is 15.2 Å². The van der Waals surface area contributed by atoms with Gasteiger partial charge in [-0.15, -0.1) is 11.3 Å². The highest BCUT2D eigenvalue weighted by Crippen LogP contribution is 2.20. The molecule has 1 saturated heterocycles. The molecule has 1 unspecified atom stereocenters. The summed E-state index contributed by atoms with van der Waals surface area (Å²) < 4.78 is 0. The van der Waals surface area contributed by atoms with Gasteiger partial charge in [0.15, 0.2) is 0 Å². The van der Waals surface area contributed by atoms with E-state index in [1.807, 2.05) is 17.5 Å². The van der Waals surface area contributed by atoms with Crippen molar-refractivity contribution in [1.29, 1.82) is 0 Å². The molecule has 2 N–H and O–H groups in total. The van der Waals surface area contributed by atoms with E-state index in [-0.39, 0.29) is 18.4 Å². The maximum Gasteiger partial charge on any atom is 0.276 e. The Morgan fingerprint density at radius 1 is 1.60 bits per heavy atom. The highest BCUT2D eigenvalue weighted by atomic mass is 32.1. The Morgan fingerprint density at radius 3 is 3.25 bits per heavy atom. The Labute approximate surface area is 121 Å². The summed E-state index contributed by atoms with van der Waals surface area (Å²) in [5.74, 6) is 0.740. The topological polar surface area (TPSA) is 64.9 Å². The van der Waals surface area contributed by atoms with Crippen molar-refractivity contribution in [3.05, 3.63) is 28.1 Å². The van der Waals surface area contributed by atoms with Crippen LogP contribution in [0.4, 0.5) is 0 Å². The van der Waals surface area contributed by atoms with Crippen LogP contribution in [0.5, 0.6) is 0 Å². The minimum absolute atomic E-state index is 0.153. The number of thiophene rings is 1. The molecule has 20 heavy (non-hydrogen) atoms. The SMILES string of the molecule is O=C1NC(N2CCCC(CO)C2)=N/C1=C\c1cccs1. The summed E-state index contributed by atoms with van der Waals surface area (Å²) in [6.07, 6.45) is 3.86. The van der Waals surface area contributed by atoms with Crippen LogP contribution in [0.3, 0.4) is 0 Å². The lowest BCUT2D eigenvalue weighted by Crippen LogP contribution is -2.46. The van der Waals surface area contributed by atoms with Crippen molar-refractivity contribution in [2.45, 2.75) is 12.8 Å². The van der Waals surface area contributed by atoms with Gasteiger partial charge in [0.05, 0.1) is 0 Å². The van der Waals surface area contributed by atoms with Crippen molar-refractivity contribution in [2.24, 2.45) is 10.9 Å². The van der Waals surface area contributed by atoms with Gasteiger partial charge in [0.2, 0.25) is 5.96 Å². The fourth-order valence-electron chi connectivity index (χ4n) is 2.52. The van der Waals surface area contributed by atoms with Gasteiger partial charge in [-0.2, -0.15) is 0 Å². The molecule has 5 nitrogen and oxygen atoms in total. The molecule has 0 spiro atoms. The third kappa shape index (κ3) is 2.76. The van der Waals surface area contributed by atoms with Gasteiger partial charge in [-0.1, -0.05) is 6.07 Å². The molecule has 1 fully saturated rings. The summed E-state index contributed by atoms with van der Waals surface area (Å²) >= 11 is 1.58. The van der Waals surface area contributed by atoms with E-state index in [1.54, 1.807) is 17.4 Å². The maximum absolute atomic E-state index is 11.9. The first kappa shape index (κ1) is 13.3. The molecule has 3 rings (SSSR count). The molecule has 1 aromatic heterocycles. The number of aliphatic imine (C=N–C) groups is 1. The van der Waals surface area contributed by atoms with E-state index < -0.39 is 0 Å². The summed E-state index contributed by atoms with van der Waals surface area (Å²) in [5.41, 5.74) is 0.452. The Bertz CT molecular complexity index is 551. The van der Waals surface area contributed by atoms with Crippen LogP contribution in [0.25, 0.3) is 6.08 Å². The summed E-state index contributed by atoms with van der Waals surface area (Å²) in [6.45, 7) is 1.82. The first-order valence-corrected chi connectivity index (χ1v) is 7.65. The number of nitrogens with zero attached hydrogens (tertiary/aromatic N) is 2. The molecule has 0 aromatic carbocycles. The number of piperidine rings is 1. The van der Waals surface area contributed by atoms with E-state index in [1.165, 1.54) is 0 Å². The van der Waals surface area contributed by atoms with Crippen LogP contribution in [0, 0.1) is 5.92 Å². The second-order valence-corrected chi connectivity index (χ2v) is 6.05. The van der Waals surface area contributed by atoms with Gasteiger partial charge in [0.25, 0.3) is 5.91 Å². The molecule has 0 bridgehead atoms. The fourth-order valence-corrected chi connectivity index (χ4v) is 3.17. The zero-order valence-corrected chi connectivity index (χ0v) is 11.9. The van der Waals surface area contributed by atoms with Crippen molar-refractivity contribution >= 4 is 29.3 Å². The molecule has 106 valence electrons. The monoisotopic (exact) mass is 291 g/mol. The second-order valence-electron chi connectivity index (χ2n) is 5.07. The van der Waals surface area contributed by atoms with Crippen LogP contribution >= 0.6 is 11.3 Å². The van der Waals surface area contributed by atoms with Gasteiger partial charge in [0, 0.05) is 24.6 Å². The minimum Gasteiger partial charge on any atom is -0.396 e. The number of nitrogens with one attached hydrogen (secondary N) is 1. The maximum atomic E-state index is 11.9. The van der Waals surface area contributed by atoms with Gasteiger partial charge in [-0.25, -0.2) is 4.99 Å². The smallest absolute Gasteiger partial charge is 0.276 e. The molecule has 0 radical (unpaired) electrons. The number of aliphatic hydroxyl groups is 1. The Kier molecular flexibility index (Phi) is 3.84. The van der Waals surface area contributed by atoms with Crippen LogP contribution in [-0.2, 0) is 4.79 Å². The van der Waals surface area contributed by atoms with E-state index in [0.717, 1.165) is 30.8 Å². The van der Waals surface area contributed by atoms with Gasteiger partial charge >= 0.3 is 0 Å². The zero-order chi connectivity index (χ0) is 13.9. The second kappa shape index (κ2) is 5.76. The average Bonchev–Trinajstić information content (AvgIpc) is 3.10. The van der Waals surface area contributed by atoms with E-state index >= 15 is 0 Å². The summed E-state index contributed by atoms with van der Waals surface area (Å²) in [4.78, 5) is 19.4. The zero-order valence-electron chi connectivity index (χ0n) is 11.1. The standard InChI is InChI=1S/C14H17N3O2S/c18-9-10-3-1-5-17(8-10)14-15-12(13(19)16-14)7-11-4-2-6-20-11/h2,4,6-7,10,18H,1,3,5,8-9H2,(H,15,16,19)/b12-7-. The van der Waals surface area contributed by atoms with Crippen LogP contribution < -0.4 is 5.32 Å². The molecular weight excluding hydrogens is 274 g/mol. The molecule has 2 aliphatic rings. The highest BCUT2D eigenvalue weighted by molar-refractivity contribution is 7.10. The molecule has 0 saturated carbocycles. The number of guanidine groups is 1. The largest absolute Gasteiger partial charge is 0.396 e. The van der Waals surface area contributed by atoms with E-state index in [4.69, 9.17) is 0 Å². The molecule has 0 aliphatic carbocycles. The average molecular weight is 291 g/mol. The number of carbonyl (C=O) groups is 1. The fraction of sp³-hybridized carbons (Fsp3) is 0.429. The number of aliphatic hydroxyl groups excluding tert-OH is 1. The quantitative estimate of drug-likeness (QED) is 0.807. The van der Waals surface area contributed by atoms with Crippen LogP contribution in [0.15, 0.2) is 28.2 Å². The molecule has 1 amide bonds. The lowest BCUT2D eigenvalue weighted by Gasteiger charge is -2.32. The number of amides is 1. The first-order chi connectivity index (χ1) is 9.76. The lowest BCUT2D eigenvalue weighted by atomic mass is 9.99. The van der Waals surface area contributed by atoms with Gasteiger partial charge < -0.3 is 10.0 Å². The predicted octanol–water partition coefficient (Wildman–Crippen LogP) is 1.28. The van der Waals surface area contributed by atoms with Gasteiger partial charge in [-0.3, -0.25) is 10.1 Å². The summed E-state index contributed by atoms with van der Waals surface area (Å²) in [7, 11) is 0. The summed E-state index contributed by atoms with van der Waals surface area (Å²) in [6, 6.07) is 3.91. The van der Waals surface area contributed by atoms with Crippen molar-refractivity contribution < 1.29 is 9.90 Å². The molecule has 1 atom stereocenters. The highest BCUT2D eigenvalue weighted by Gasteiger charge is 2.28. The molecular formula is C14H17N3O2S. The Balaban J connectivity index is 1.76. The Hall–Kier alpha value is -1.66. The molecule has 2 aliphatic heterocycles. The van der Waals surface area contributed by atoms with E-state index in [9.17, 15) is 9.90 Å².